The van der Waals surface area contributed by atoms with E-state index in [2.05, 4.69) is 23.4 Å². The SMILES string of the molecule is CCS(=O)(=O)/C(C)=C1/CC23CCCCC2=CN2C=CCCC2=C3O1.Cl. The van der Waals surface area contributed by atoms with E-state index in [-0.39, 0.29) is 23.6 Å². The highest BCUT2D eigenvalue weighted by Gasteiger charge is 2.52. The van der Waals surface area contributed by atoms with Gasteiger partial charge in [0.25, 0.3) is 0 Å². The van der Waals surface area contributed by atoms with Gasteiger partial charge in [0, 0.05) is 18.8 Å². The van der Waals surface area contributed by atoms with Crippen molar-refractivity contribution in [2.45, 2.75) is 58.8 Å². The Morgan fingerprint density at radius 2 is 2.12 bits per heavy atom. The third-order valence-corrected chi connectivity index (χ3v) is 7.88. The molecular weight excluding hydrogens is 358 g/mol. The maximum absolute atomic E-state index is 12.3. The van der Waals surface area contributed by atoms with E-state index in [4.69, 9.17) is 4.74 Å². The van der Waals surface area contributed by atoms with E-state index >= 15 is 0 Å². The molecule has 0 radical (unpaired) electrons. The largest absolute Gasteiger partial charge is 0.462 e. The van der Waals surface area contributed by atoms with Crippen molar-refractivity contribution in [3.8, 4) is 0 Å². The molecule has 4 rings (SSSR count). The Kier molecular flexibility index (Phi) is 4.84. The summed E-state index contributed by atoms with van der Waals surface area (Å²) in [6.07, 6.45) is 13.8. The van der Waals surface area contributed by atoms with Crippen LogP contribution in [-0.2, 0) is 14.6 Å². The van der Waals surface area contributed by atoms with Crippen molar-refractivity contribution in [2.75, 3.05) is 5.75 Å². The van der Waals surface area contributed by atoms with Crippen molar-refractivity contribution in [2.24, 2.45) is 5.41 Å². The van der Waals surface area contributed by atoms with E-state index in [0.29, 0.717) is 17.1 Å². The molecule has 3 aliphatic heterocycles. The van der Waals surface area contributed by atoms with Crippen LogP contribution in [0.1, 0.15) is 58.8 Å². The van der Waals surface area contributed by atoms with Crippen LogP contribution in [0.4, 0.5) is 0 Å². The molecule has 2 fully saturated rings. The molecule has 1 unspecified atom stereocenters. The van der Waals surface area contributed by atoms with Gasteiger partial charge in [-0.3, -0.25) is 0 Å². The molecular formula is C19H26ClNO3S. The molecule has 6 heteroatoms. The number of hydrogen-bond acceptors (Lipinski definition) is 4. The quantitative estimate of drug-likeness (QED) is 0.688. The highest BCUT2D eigenvalue weighted by atomic mass is 35.5. The number of nitrogens with zero attached hydrogens (tertiary/aromatic N) is 1. The number of rotatable bonds is 2. The summed E-state index contributed by atoms with van der Waals surface area (Å²) in [5.74, 6) is 1.83. The van der Waals surface area contributed by atoms with E-state index in [0.717, 1.165) is 31.4 Å². The van der Waals surface area contributed by atoms with Gasteiger partial charge >= 0.3 is 0 Å². The summed E-state index contributed by atoms with van der Waals surface area (Å²) in [4.78, 5) is 2.62. The van der Waals surface area contributed by atoms with Crippen LogP contribution in [0.2, 0.25) is 0 Å². The lowest BCUT2D eigenvalue weighted by Crippen LogP contribution is -2.34. The highest BCUT2D eigenvalue weighted by Crippen LogP contribution is 2.60. The summed E-state index contributed by atoms with van der Waals surface area (Å²) in [5.41, 5.74) is 2.55. The number of halogens is 1. The Morgan fingerprint density at radius 3 is 2.88 bits per heavy atom. The third kappa shape index (κ3) is 2.76. The molecule has 0 aromatic carbocycles. The number of hydrogen-bond donors (Lipinski definition) is 0. The second-order valence-corrected chi connectivity index (χ2v) is 9.63. The summed E-state index contributed by atoms with van der Waals surface area (Å²) in [6.45, 7) is 3.40. The fourth-order valence-electron chi connectivity index (χ4n) is 4.47. The first-order valence-electron chi connectivity index (χ1n) is 8.98. The van der Waals surface area contributed by atoms with Crippen molar-refractivity contribution in [1.82, 2.24) is 4.90 Å². The molecule has 0 aromatic rings. The average molecular weight is 384 g/mol. The van der Waals surface area contributed by atoms with Crippen LogP contribution in [0.15, 0.2) is 46.2 Å². The average Bonchev–Trinajstić information content (AvgIpc) is 2.98. The van der Waals surface area contributed by atoms with Gasteiger partial charge in [0.05, 0.1) is 21.8 Å². The Labute approximate surface area is 156 Å². The first kappa shape index (κ1) is 18.6. The Hall–Kier alpha value is -1.20. The predicted molar refractivity (Wildman–Crippen MR) is 101 cm³/mol. The standard InChI is InChI=1S/C19H25NO3S.ClH/c1-3-24(21,22)14(2)17-12-19-10-6-4-8-15(19)13-20-11-7-5-9-16(20)18(19)23-17;/h7,11,13H,3-6,8-10,12H2,1-2H3;1H/b17-14-;. The predicted octanol–water partition coefficient (Wildman–Crippen LogP) is 4.77. The Morgan fingerprint density at radius 1 is 1.32 bits per heavy atom. The number of ether oxygens (including phenoxy) is 1. The normalized spacial score (nSPS) is 29.8. The summed E-state index contributed by atoms with van der Waals surface area (Å²) >= 11 is 0. The molecule has 4 aliphatic rings. The van der Waals surface area contributed by atoms with Crippen LogP contribution < -0.4 is 0 Å². The van der Waals surface area contributed by atoms with Crippen molar-refractivity contribution in [3.63, 3.8) is 0 Å². The zero-order chi connectivity index (χ0) is 16.9. The van der Waals surface area contributed by atoms with E-state index in [1.807, 2.05) is 0 Å². The monoisotopic (exact) mass is 383 g/mol. The van der Waals surface area contributed by atoms with Gasteiger partial charge in [-0.25, -0.2) is 8.42 Å². The van der Waals surface area contributed by atoms with Gasteiger partial charge in [-0.05, 0) is 44.6 Å². The molecule has 138 valence electrons. The zero-order valence-electron chi connectivity index (χ0n) is 14.9. The summed E-state index contributed by atoms with van der Waals surface area (Å²) < 4.78 is 31.0. The summed E-state index contributed by atoms with van der Waals surface area (Å²) in [7, 11) is -3.21. The summed E-state index contributed by atoms with van der Waals surface area (Å²) in [6, 6.07) is 0. The van der Waals surface area contributed by atoms with Crippen LogP contribution in [0, 0.1) is 5.41 Å². The van der Waals surface area contributed by atoms with Gasteiger partial charge in [0.1, 0.15) is 11.5 Å². The number of sulfone groups is 1. The molecule has 1 saturated heterocycles. The van der Waals surface area contributed by atoms with E-state index < -0.39 is 9.84 Å². The molecule has 4 nitrogen and oxygen atoms in total. The lowest BCUT2D eigenvalue weighted by molar-refractivity contribution is 0.235. The molecule has 0 bridgehead atoms. The van der Waals surface area contributed by atoms with E-state index in [1.54, 1.807) is 13.8 Å². The fraction of sp³-hybridized carbons (Fsp3) is 0.579. The minimum atomic E-state index is -3.21. The van der Waals surface area contributed by atoms with Crippen LogP contribution in [0.3, 0.4) is 0 Å². The smallest absolute Gasteiger partial charge is 0.177 e. The molecule has 0 N–H and O–H groups in total. The molecule has 1 spiro atoms. The first-order chi connectivity index (χ1) is 11.5. The fourth-order valence-corrected chi connectivity index (χ4v) is 5.36. The van der Waals surface area contributed by atoms with Gasteiger partial charge < -0.3 is 9.64 Å². The molecule has 0 aromatic heterocycles. The molecule has 1 atom stereocenters. The van der Waals surface area contributed by atoms with Gasteiger partial charge in [0.15, 0.2) is 9.84 Å². The minimum absolute atomic E-state index is 0. The van der Waals surface area contributed by atoms with E-state index in [1.165, 1.54) is 24.1 Å². The molecule has 1 aliphatic carbocycles. The van der Waals surface area contributed by atoms with Crippen molar-refractivity contribution < 1.29 is 13.2 Å². The second kappa shape index (κ2) is 6.51. The van der Waals surface area contributed by atoms with Crippen LogP contribution in [0.25, 0.3) is 0 Å². The minimum Gasteiger partial charge on any atom is -0.462 e. The maximum atomic E-state index is 12.3. The molecule has 25 heavy (non-hydrogen) atoms. The third-order valence-electron chi connectivity index (χ3n) is 5.96. The number of fused-ring (bicyclic) bond motifs is 1. The topological polar surface area (TPSA) is 46.6 Å². The van der Waals surface area contributed by atoms with Crippen molar-refractivity contribution >= 4 is 22.2 Å². The summed E-state index contributed by atoms with van der Waals surface area (Å²) in [5, 5.41) is 0. The van der Waals surface area contributed by atoms with Gasteiger partial charge in [-0.15, -0.1) is 12.4 Å². The van der Waals surface area contributed by atoms with E-state index in [9.17, 15) is 8.42 Å². The molecule has 1 saturated carbocycles. The molecule has 3 heterocycles. The first-order valence-corrected chi connectivity index (χ1v) is 10.6. The van der Waals surface area contributed by atoms with Crippen LogP contribution in [0.5, 0.6) is 0 Å². The highest BCUT2D eigenvalue weighted by molar-refractivity contribution is 7.95. The lowest BCUT2D eigenvalue weighted by atomic mass is 9.66. The van der Waals surface area contributed by atoms with Gasteiger partial charge in [0.2, 0.25) is 0 Å². The Balaban J connectivity index is 0.00000182. The van der Waals surface area contributed by atoms with Crippen LogP contribution in [-0.4, -0.2) is 19.1 Å². The lowest BCUT2D eigenvalue weighted by Gasteiger charge is -2.42. The number of allylic oxidation sites excluding steroid dienone is 5. The van der Waals surface area contributed by atoms with Gasteiger partial charge in [-0.2, -0.15) is 0 Å². The Bertz CT molecular complexity index is 807. The second-order valence-electron chi connectivity index (χ2n) is 7.21. The maximum Gasteiger partial charge on any atom is 0.177 e. The molecule has 0 amide bonds. The zero-order valence-corrected chi connectivity index (χ0v) is 16.5. The van der Waals surface area contributed by atoms with Gasteiger partial charge in [-0.1, -0.05) is 19.4 Å². The van der Waals surface area contributed by atoms with Crippen molar-refractivity contribution in [3.05, 3.63) is 46.2 Å². The van der Waals surface area contributed by atoms with Crippen molar-refractivity contribution in [1.29, 1.82) is 0 Å². The van der Waals surface area contributed by atoms with Crippen LogP contribution >= 0.6 is 12.4 Å².